The standard InChI is InChI=1S/C14H24N2O/c1-3-11(2)12-6-9-16(10-7-12)14(17)13-5-4-8-15-13/h3,11-13,15H,1,4-10H2,2H3/t11-,13?/m1/s1. The van der Waals surface area contributed by atoms with Crippen LogP contribution < -0.4 is 5.32 Å². The van der Waals surface area contributed by atoms with Crippen LogP contribution in [-0.2, 0) is 4.79 Å². The fourth-order valence-corrected chi connectivity index (χ4v) is 2.95. The normalized spacial score (nSPS) is 28.1. The average Bonchev–Trinajstić information content (AvgIpc) is 2.91. The van der Waals surface area contributed by atoms with Crippen molar-refractivity contribution in [2.75, 3.05) is 19.6 Å². The summed E-state index contributed by atoms with van der Waals surface area (Å²) in [5, 5.41) is 3.29. The molecular weight excluding hydrogens is 212 g/mol. The highest BCUT2D eigenvalue weighted by Gasteiger charge is 2.30. The van der Waals surface area contributed by atoms with Gasteiger partial charge in [0.1, 0.15) is 0 Å². The number of carbonyl (C=O) groups excluding carboxylic acids is 1. The average molecular weight is 236 g/mol. The molecule has 0 aromatic carbocycles. The molecule has 0 radical (unpaired) electrons. The van der Waals surface area contributed by atoms with E-state index in [0.29, 0.717) is 17.7 Å². The molecule has 2 aliphatic heterocycles. The lowest BCUT2D eigenvalue weighted by Crippen LogP contribution is -2.47. The largest absolute Gasteiger partial charge is 0.341 e. The molecule has 17 heavy (non-hydrogen) atoms. The highest BCUT2D eigenvalue weighted by Crippen LogP contribution is 2.26. The number of likely N-dealkylation sites (tertiary alicyclic amines) is 1. The molecule has 96 valence electrons. The van der Waals surface area contributed by atoms with Crippen LogP contribution in [0.2, 0.25) is 0 Å². The first-order valence-electron chi connectivity index (χ1n) is 6.87. The second kappa shape index (κ2) is 5.67. The summed E-state index contributed by atoms with van der Waals surface area (Å²) in [6, 6.07) is 0.100. The van der Waals surface area contributed by atoms with Crippen molar-refractivity contribution in [3.63, 3.8) is 0 Å². The Balaban J connectivity index is 1.82. The number of amides is 1. The summed E-state index contributed by atoms with van der Waals surface area (Å²) >= 11 is 0. The van der Waals surface area contributed by atoms with Gasteiger partial charge >= 0.3 is 0 Å². The lowest BCUT2D eigenvalue weighted by atomic mass is 9.85. The summed E-state index contributed by atoms with van der Waals surface area (Å²) in [7, 11) is 0. The molecule has 0 aromatic heterocycles. The van der Waals surface area contributed by atoms with Crippen molar-refractivity contribution in [3.8, 4) is 0 Å². The van der Waals surface area contributed by atoms with Gasteiger partial charge in [0.05, 0.1) is 6.04 Å². The van der Waals surface area contributed by atoms with E-state index in [1.54, 1.807) is 0 Å². The van der Waals surface area contributed by atoms with Gasteiger partial charge in [0, 0.05) is 13.1 Å². The number of carbonyl (C=O) groups is 1. The zero-order chi connectivity index (χ0) is 12.3. The number of nitrogens with one attached hydrogen (secondary N) is 1. The van der Waals surface area contributed by atoms with Gasteiger partial charge in [0.2, 0.25) is 5.91 Å². The van der Waals surface area contributed by atoms with E-state index >= 15 is 0 Å². The second-order valence-electron chi connectivity index (χ2n) is 5.41. The number of nitrogens with zero attached hydrogens (tertiary/aromatic N) is 1. The van der Waals surface area contributed by atoms with Gasteiger partial charge < -0.3 is 10.2 Å². The minimum absolute atomic E-state index is 0.100. The van der Waals surface area contributed by atoms with Crippen molar-refractivity contribution < 1.29 is 4.79 Å². The number of hydrogen-bond donors (Lipinski definition) is 1. The van der Waals surface area contributed by atoms with E-state index in [-0.39, 0.29) is 6.04 Å². The first-order valence-corrected chi connectivity index (χ1v) is 6.87. The van der Waals surface area contributed by atoms with E-state index in [0.717, 1.165) is 45.3 Å². The predicted octanol–water partition coefficient (Wildman–Crippen LogP) is 1.80. The zero-order valence-corrected chi connectivity index (χ0v) is 10.8. The van der Waals surface area contributed by atoms with Crippen molar-refractivity contribution in [2.45, 2.75) is 38.6 Å². The first kappa shape index (κ1) is 12.6. The van der Waals surface area contributed by atoms with Crippen molar-refractivity contribution in [1.29, 1.82) is 0 Å². The third kappa shape index (κ3) is 2.89. The quantitative estimate of drug-likeness (QED) is 0.758. The molecule has 0 aliphatic carbocycles. The summed E-state index contributed by atoms with van der Waals surface area (Å²) in [5.41, 5.74) is 0. The molecule has 0 aromatic rings. The third-order valence-corrected chi connectivity index (χ3v) is 4.33. The molecule has 0 spiro atoms. The lowest BCUT2D eigenvalue weighted by Gasteiger charge is -2.35. The van der Waals surface area contributed by atoms with E-state index in [4.69, 9.17) is 0 Å². The Kier molecular flexibility index (Phi) is 4.21. The molecule has 3 nitrogen and oxygen atoms in total. The smallest absolute Gasteiger partial charge is 0.239 e. The van der Waals surface area contributed by atoms with E-state index in [2.05, 4.69) is 23.7 Å². The molecule has 2 heterocycles. The van der Waals surface area contributed by atoms with Crippen molar-refractivity contribution in [3.05, 3.63) is 12.7 Å². The molecule has 1 amide bonds. The zero-order valence-electron chi connectivity index (χ0n) is 10.8. The maximum Gasteiger partial charge on any atom is 0.239 e. The van der Waals surface area contributed by atoms with Crippen LogP contribution in [0, 0.1) is 11.8 Å². The molecule has 2 rings (SSSR count). The van der Waals surface area contributed by atoms with Crippen LogP contribution in [0.3, 0.4) is 0 Å². The van der Waals surface area contributed by atoms with Crippen LogP contribution >= 0.6 is 0 Å². The van der Waals surface area contributed by atoms with Gasteiger partial charge in [-0.2, -0.15) is 0 Å². The van der Waals surface area contributed by atoms with Gasteiger partial charge in [-0.1, -0.05) is 13.0 Å². The Morgan fingerprint density at radius 1 is 1.41 bits per heavy atom. The lowest BCUT2D eigenvalue weighted by molar-refractivity contribution is -0.134. The van der Waals surface area contributed by atoms with E-state index < -0.39 is 0 Å². The summed E-state index contributed by atoms with van der Waals surface area (Å²) in [4.78, 5) is 14.2. The fourth-order valence-electron chi connectivity index (χ4n) is 2.95. The Hall–Kier alpha value is -0.830. The molecule has 2 atom stereocenters. The van der Waals surface area contributed by atoms with Crippen LogP contribution in [0.1, 0.15) is 32.6 Å². The molecule has 3 heteroatoms. The highest BCUT2D eigenvalue weighted by molar-refractivity contribution is 5.82. The van der Waals surface area contributed by atoms with E-state index in [1.807, 2.05) is 6.08 Å². The second-order valence-corrected chi connectivity index (χ2v) is 5.41. The monoisotopic (exact) mass is 236 g/mol. The molecule has 2 saturated heterocycles. The molecule has 2 fully saturated rings. The fraction of sp³-hybridized carbons (Fsp3) is 0.786. The van der Waals surface area contributed by atoms with Crippen LogP contribution in [0.25, 0.3) is 0 Å². The Morgan fingerprint density at radius 3 is 2.65 bits per heavy atom. The Bertz CT molecular complexity index is 276. The number of rotatable bonds is 3. The van der Waals surface area contributed by atoms with Crippen LogP contribution in [0.5, 0.6) is 0 Å². The van der Waals surface area contributed by atoms with Gasteiger partial charge in [-0.05, 0) is 44.1 Å². The maximum atomic E-state index is 12.2. The van der Waals surface area contributed by atoms with Crippen molar-refractivity contribution in [2.24, 2.45) is 11.8 Å². The highest BCUT2D eigenvalue weighted by atomic mass is 16.2. The van der Waals surface area contributed by atoms with Gasteiger partial charge in [0.25, 0.3) is 0 Å². The topological polar surface area (TPSA) is 32.3 Å². The van der Waals surface area contributed by atoms with Crippen LogP contribution in [0.15, 0.2) is 12.7 Å². The van der Waals surface area contributed by atoms with Crippen molar-refractivity contribution >= 4 is 5.91 Å². The van der Waals surface area contributed by atoms with E-state index in [9.17, 15) is 4.79 Å². The Labute approximate surface area is 104 Å². The first-order chi connectivity index (χ1) is 8.22. The van der Waals surface area contributed by atoms with Crippen LogP contribution in [-0.4, -0.2) is 36.5 Å². The maximum absolute atomic E-state index is 12.2. The molecule has 0 bridgehead atoms. The third-order valence-electron chi connectivity index (χ3n) is 4.33. The minimum atomic E-state index is 0.100. The summed E-state index contributed by atoms with van der Waals surface area (Å²) in [6.07, 6.45) is 6.46. The van der Waals surface area contributed by atoms with E-state index in [1.165, 1.54) is 0 Å². The van der Waals surface area contributed by atoms with Crippen LogP contribution in [0.4, 0.5) is 0 Å². The molecular formula is C14H24N2O. The molecule has 1 unspecified atom stereocenters. The van der Waals surface area contributed by atoms with Gasteiger partial charge in [-0.3, -0.25) is 4.79 Å². The van der Waals surface area contributed by atoms with Gasteiger partial charge in [0.15, 0.2) is 0 Å². The number of piperidine rings is 1. The Morgan fingerprint density at radius 2 is 2.12 bits per heavy atom. The van der Waals surface area contributed by atoms with Gasteiger partial charge in [-0.25, -0.2) is 0 Å². The minimum Gasteiger partial charge on any atom is -0.341 e. The number of allylic oxidation sites excluding steroid dienone is 1. The molecule has 2 aliphatic rings. The summed E-state index contributed by atoms with van der Waals surface area (Å²) in [6.45, 7) is 8.95. The molecule has 0 saturated carbocycles. The predicted molar refractivity (Wildman–Crippen MR) is 69.7 cm³/mol. The SMILES string of the molecule is C=C[C@@H](C)C1CCN(C(=O)C2CCCN2)CC1. The molecule has 1 N–H and O–H groups in total. The number of hydrogen-bond acceptors (Lipinski definition) is 2. The van der Waals surface area contributed by atoms with Crippen molar-refractivity contribution in [1.82, 2.24) is 10.2 Å². The summed E-state index contributed by atoms with van der Waals surface area (Å²) < 4.78 is 0. The summed E-state index contributed by atoms with van der Waals surface area (Å²) in [5.74, 6) is 1.62. The van der Waals surface area contributed by atoms with Gasteiger partial charge in [-0.15, -0.1) is 6.58 Å².